The number of fused-ring (bicyclic) bond motifs is 1. The van der Waals surface area contributed by atoms with Crippen LogP contribution in [0.4, 0.5) is 0 Å². The summed E-state index contributed by atoms with van der Waals surface area (Å²) in [7, 11) is 1.29. The van der Waals surface area contributed by atoms with E-state index in [0.717, 1.165) is 0 Å². The van der Waals surface area contributed by atoms with Gasteiger partial charge >= 0.3 is 5.97 Å². The van der Waals surface area contributed by atoms with Crippen LogP contribution in [-0.4, -0.2) is 24.6 Å². The first-order chi connectivity index (χ1) is 9.45. The van der Waals surface area contributed by atoms with E-state index in [4.69, 9.17) is 4.74 Å². The summed E-state index contributed by atoms with van der Waals surface area (Å²) >= 11 is 0. The fraction of sp³-hybridized carbons (Fsp3) is 0.188. The molecule has 0 amide bonds. The van der Waals surface area contributed by atoms with Crippen molar-refractivity contribution in [2.45, 2.75) is 13.8 Å². The lowest BCUT2D eigenvalue weighted by atomic mass is 10.1. The van der Waals surface area contributed by atoms with Gasteiger partial charge in [-0.05, 0) is 31.0 Å². The number of carbonyl (C=O) groups excluding carboxylic acids is 3. The molecule has 2 aliphatic carbocycles. The quantitative estimate of drug-likeness (QED) is 0.635. The van der Waals surface area contributed by atoms with Crippen molar-refractivity contribution in [3.05, 3.63) is 47.0 Å². The van der Waals surface area contributed by atoms with Gasteiger partial charge in [0, 0.05) is 11.1 Å². The fourth-order valence-electron chi connectivity index (χ4n) is 2.16. The van der Waals surface area contributed by atoms with Gasteiger partial charge in [-0.3, -0.25) is 9.59 Å². The number of hydrogen-bond donors (Lipinski definition) is 0. The molecule has 0 unspecified atom stereocenters. The SMILES string of the molecule is COC(=O)c1cc(C(C)=O)c2ccc(C(C)=O)ccc1-2. The van der Waals surface area contributed by atoms with E-state index in [9.17, 15) is 14.4 Å². The molecule has 0 spiro atoms. The number of ketones is 2. The van der Waals surface area contributed by atoms with Gasteiger partial charge in [0.05, 0.1) is 12.7 Å². The normalized spacial score (nSPS) is 10.3. The topological polar surface area (TPSA) is 60.4 Å². The Hall–Kier alpha value is -2.49. The van der Waals surface area contributed by atoms with Crippen LogP contribution < -0.4 is 0 Å². The van der Waals surface area contributed by atoms with Gasteiger partial charge in [0.1, 0.15) is 0 Å². The van der Waals surface area contributed by atoms with Crippen LogP contribution in [0.2, 0.25) is 0 Å². The van der Waals surface area contributed by atoms with E-state index in [1.165, 1.54) is 27.0 Å². The number of esters is 1. The van der Waals surface area contributed by atoms with Crippen LogP contribution in [0, 0.1) is 0 Å². The van der Waals surface area contributed by atoms with E-state index in [2.05, 4.69) is 0 Å². The van der Waals surface area contributed by atoms with E-state index in [0.29, 0.717) is 27.8 Å². The maximum atomic E-state index is 11.8. The molecule has 0 bridgehead atoms. The Morgan fingerprint density at radius 3 is 1.85 bits per heavy atom. The summed E-state index contributed by atoms with van der Waals surface area (Å²) in [5.74, 6) is -0.717. The van der Waals surface area contributed by atoms with Crippen molar-refractivity contribution in [1.29, 1.82) is 0 Å². The Morgan fingerprint density at radius 2 is 1.40 bits per heavy atom. The smallest absolute Gasteiger partial charge is 0.338 e. The molecule has 0 aromatic heterocycles. The Kier molecular flexibility index (Phi) is 3.66. The summed E-state index contributed by atoms with van der Waals surface area (Å²) in [5, 5.41) is 0. The lowest BCUT2D eigenvalue weighted by molar-refractivity contribution is 0.0602. The Balaban J connectivity index is 2.75. The molecule has 4 heteroatoms. The zero-order valence-electron chi connectivity index (χ0n) is 11.5. The highest BCUT2D eigenvalue weighted by molar-refractivity contribution is 6.09. The summed E-state index contributed by atoms with van der Waals surface area (Å²) in [4.78, 5) is 34.9. The predicted molar refractivity (Wildman–Crippen MR) is 74.4 cm³/mol. The maximum Gasteiger partial charge on any atom is 0.338 e. The Bertz CT molecular complexity index is 685. The molecular weight excluding hydrogens is 256 g/mol. The highest BCUT2D eigenvalue weighted by atomic mass is 16.5. The lowest BCUT2D eigenvalue weighted by Crippen LogP contribution is -2.00. The third-order valence-corrected chi connectivity index (χ3v) is 3.21. The van der Waals surface area contributed by atoms with Crippen molar-refractivity contribution < 1.29 is 19.1 Å². The second-order valence-electron chi connectivity index (χ2n) is 4.53. The van der Waals surface area contributed by atoms with Crippen molar-refractivity contribution in [3.63, 3.8) is 0 Å². The molecule has 102 valence electrons. The molecule has 0 aliphatic heterocycles. The minimum Gasteiger partial charge on any atom is -0.465 e. The van der Waals surface area contributed by atoms with Gasteiger partial charge in [0.15, 0.2) is 11.6 Å². The molecule has 0 N–H and O–H groups in total. The summed E-state index contributed by atoms with van der Waals surface area (Å²) in [5.41, 5.74) is 2.55. The van der Waals surface area contributed by atoms with Gasteiger partial charge in [-0.1, -0.05) is 24.3 Å². The Morgan fingerprint density at radius 1 is 0.850 bits per heavy atom. The second kappa shape index (κ2) is 5.25. The average molecular weight is 270 g/mol. The second-order valence-corrected chi connectivity index (χ2v) is 4.53. The first kappa shape index (κ1) is 13.9. The molecule has 0 aromatic rings. The lowest BCUT2D eigenvalue weighted by Gasteiger charge is -1.99. The molecule has 0 saturated carbocycles. The molecule has 0 radical (unpaired) electrons. The molecule has 0 fully saturated rings. The largest absolute Gasteiger partial charge is 0.465 e. The van der Waals surface area contributed by atoms with Crippen molar-refractivity contribution >= 4 is 17.5 Å². The minimum atomic E-state index is -0.502. The maximum absolute atomic E-state index is 11.8. The average Bonchev–Trinajstić information content (AvgIpc) is 2.62. The van der Waals surface area contributed by atoms with Crippen LogP contribution in [0.25, 0.3) is 11.1 Å². The predicted octanol–water partition coefficient (Wildman–Crippen LogP) is 2.98. The summed E-state index contributed by atoms with van der Waals surface area (Å²) in [6.45, 7) is 2.90. The minimum absolute atomic E-state index is 0.0772. The van der Waals surface area contributed by atoms with Crippen LogP contribution in [0.1, 0.15) is 44.9 Å². The number of Topliss-reactive ketones (excluding diaryl/α,β-unsaturated/α-hetero) is 2. The zero-order chi connectivity index (χ0) is 14.9. The van der Waals surface area contributed by atoms with Crippen molar-refractivity contribution in [3.8, 4) is 11.1 Å². The standard InChI is InChI=1S/C16H14O4/c1-9(17)11-4-6-12-13(7-5-11)15(16(19)20-3)8-14(12)10(2)18/h4-8H,1-3H3. The van der Waals surface area contributed by atoms with E-state index in [-0.39, 0.29) is 11.6 Å². The van der Waals surface area contributed by atoms with Gasteiger partial charge < -0.3 is 4.74 Å². The van der Waals surface area contributed by atoms with Crippen LogP contribution in [0.5, 0.6) is 0 Å². The summed E-state index contributed by atoms with van der Waals surface area (Å²) in [6, 6.07) is 8.19. The van der Waals surface area contributed by atoms with Crippen LogP contribution >= 0.6 is 0 Å². The number of ether oxygens (including phenoxy) is 1. The molecule has 0 aromatic carbocycles. The first-order valence-corrected chi connectivity index (χ1v) is 6.12. The molecule has 2 rings (SSSR count). The number of hydrogen-bond acceptors (Lipinski definition) is 4. The van der Waals surface area contributed by atoms with Crippen LogP contribution in [-0.2, 0) is 4.74 Å². The molecule has 0 saturated heterocycles. The first-order valence-electron chi connectivity index (χ1n) is 6.12. The summed E-state index contributed by atoms with van der Waals surface area (Å²) < 4.78 is 4.73. The molecule has 0 heterocycles. The number of methoxy groups -OCH3 is 1. The van der Waals surface area contributed by atoms with E-state index in [1.54, 1.807) is 24.3 Å². The summed E-state index contributed by atoms with van der Waals surface area (Å²) in [6.07, 6.45) is 0. The third-order valence-electron chi connectivity index (χ3n) is 3.21. The van der Waals surface area contributed by atoms with Gasteiger partial charge in [-0.15, -0.1) is 0 Å². The van der Waals surface area contributed by atoms with Gasteiger partial charge in [-0.25, -0.2) is 4.79 Å². The monoisotopic (exact) mass is 270 g/mol. The molecule has 4 nitrogen and oxygen atoms in total. The third kappa shape index (κ3) is 2.32. The fourth-order valence-corrected chi connectivity index (χ4v) is 2.16. The van der Waals surface area contributed by atoms with Gasteiger partial charge in [0.25, 0.3) is 0 Å². The van der Waals surface area contributed by atoms with Crippen molar-refractivity contribution in [2.75, 3.05) is 7.11 Å². The van der Waals surface area contributed by atoms with Gasteiger partial charge in [0.2, 0.25) is 0 Å². The van der Waals surface area contributed by atoms with Crippen LogP contribution in [0.3, 0.4) is 0 Å². The van der Waals surface area contributed by atoms with Gasteiger partial charge in [-0.2, -0.15) is 0 Å². The Labute approximate surface area is 116 Å². The highest BCUT2D eigenvalue weighted by Gasteiger charge is 2.22. The van der Waals surface area contributed by atoms with Crippen molar-refractivity contribution in [2.24, 2.45) is 0 Å². The van der Waals surface area contributed by atoms with Crippen LogP contribution in [0.15, 0.2) is 30.3 Å². The van der Waals surface area contributed by atoms with E-state index < -0.39 is 5.97 Å². The van der Waals surface area contributed by atoms with Crippen molar-refractivity contribution in [1.82, 2.24) is 0 Å². The molecule has 2 aliphatic rings. The van der Waals surface area contributed by atoms with E-state index >= 15 is 0 Å². The number of carbonyl (C=O) groups is 3. The highest BCUT2D eigenvalue weighted by Crippen LogP contribution is 2.33. The molecule has 0 atom stereocenters. The zero-order valence-corrected chi connectivity index (χ0v) is 11.5. The number of rotatable bonds is 3. The molecular formula is C16H14O4. The molecule has 20 heavy (non-hydrogen) atoms. The van der Waals surface area contributed by atoms with E-state index in [1.807, 2.05) is 0 Å².